The Bertz CT molecular complexity index is 3560. The molecule has 1 saturated heterocycles. The van der Waals surface area contributed by atoms with Crippen LogP contribution in [-0.2, 0) is 76.0 Å². The highest BCUT2D eigenvalue weighted by molar-refractivity contribution is 6.06. The number of unbranched alkanes of at least 4 members (excludes halogenated alkanes) is 3. The maximum absolute atomic E-state index is 13.7. The molecule has 1 saturated carbocycles. The molecule has 0 radical (unpaired) electrons. The van der Waals surface area contributed by atoms with Crippen LogP contribution in [0.5, 0.6) is 0 Å². The Hall–Kier alpha value is -7.91. The number of ether oxygens (including phenoxy) is 5. The first-order chi connectivity index (χ1) is 43.3. The fourth-order valence-corrected chi connectivity index (χ4v) is 12.6. The lowest BCUT2D eigenvalue weighted by Crippen LogP contribution is -2.44. The van der Waals surface area contributed by atoms with Crippen LogP contribution in [0.15, 0.2) is 109 Å². The van der Waals surface area contributed by atoms with E-state index in [9.17, 15) is 24.0 Å². The molecule has 4 aromatic carbocycles. The molecule has 2 bridgehead atoms. The largest absolute Gasteiger partial charge is 0.460 e. The van der Waals surface area contributed by atoms with Crippen LogP contribution in [0.25, 0.3) is 44.6 Å². The number of aryl methyl sites for hydroxylation is 2. The Kier molecular flexibility index (Phi) is 22.0. The zero-order chi connectivity index (χ0) is 62.3. The Morgan fingerprint density at radius 1 is 0.708 bits per heavy atom. The van der Waals surface area contributed by atoms with Crippen molar-refractivity contribution in [1.29, 1.82) is 0 Å². The van der Waals surface area contributed by atoms with Gasteiger partial charge in [0.05, 0.1) is 98.4 Å². The molecule has 20 nitrogen and oxygen atoms in total. The first-order valence-electron chi connectivity index (χ1n) is 31.9. The fourth-order valence-electron chi connectivity index (χ4n) is 12.6. The molecule has 2 aliphatic carbocycles. The van der Waals surface area contributed by atoms with Gasteiger partial charge in [-0.25, -0.2) is 19.4 Å². The number of fused-ring (bicyclic) bond motifs is 7. The lowest BCUT2D eigenvalue weighted by Gasteiger charge is -2.26. The third kappa shape index (κ3) is 16.1. The van der Waals surface area contributed by atoms with Crippen LogP contribution in [0, 0.1) is 23.7 Å². The number of benzene rings is 4. The summed E-state index contributed by atoms with van der Waals surface area (Å²) < 4.78 is 34.5. The molecule has 3 aromatic heterocycles. The van der Waals surface area contributed by atoms with Crippen LogP contribution >= 0.6 is 0 Å². The molecule has 10 rings (SSSR count). The molecule has 1 aliphatic heterocycles. The van der Waals surface area contributed by atoms with Gasteiger partial charge < -0.3 is 43.0 Å². The topological polar surface area (TPSA) is 216 Å². The second-order valence-corrected chi connectivity index (χ2v) is 24.2. The van der Waals surface area contributed by atoms with Crippen LogP contribution < -0.4 is 5.32 Å². The number of hydrogen-bond acceptors (Lipinski definition) is 14. The summed E-state index contributed by atoms with van der Waals surface area (Å²) >= 11 is 0. The van der Waals surface area contributed by atoms with E-state index in [4.69, 9.17) is 33.7 Å². The molecular formula is C69H86N10O10. The summed E-state index contributed by atoms with van der Waals surface area (Å²) in [4.78, 5) is 79.6. The number of carbonyl (C=O) groups is 5. The van der Waals surface area contributed by atoms with Crippen molar-refractivity contribution in [2.24, 2.45) is 30.7 Å². The van der Waals surface area contributed by atoms with E-state index in [1.54, 1.807) is 21.8 Å². The van der Waals surface area contributed by atoms with Gasteiger partial charge in [0.1, 0.15) is 23.9 Å². The van der Waals surface area contributed by atoms with Crippen LogP contribution in [-0.4, -0.2) is 152 Å². The molecule has 472 valence electrons. The fraction of sp³-hybridized carbons (Fsp3) is 0.493. The number of nitrogens with zero attached hydrogens (tertiary/aromatic N) is 9. The Labute approximate surface area is 521 Å². The minimum Gasteiger partial charge on any atom is -0.460 e. The number of esters is 1. The molecule has 89 heavy (non-hydrogen) atoms. The molecular weight excluding hydrogens is 1130 g/mol. The van der Waals surface area contributed by atoms with E-state index < -0.39 is 11.5 Å². The molecule has 2 unspecified atom stereocenters. The molecule has 4 amide bonds. The SMILES string of the molecule is CCCc1nc2ccc(-c3nc4ccccc4n3C)cc2n1Cc1ccc(-c2ccccc2C(=O)OCCOCCOCCOCCn2cc(CN(CCCCCCN3C(=O)[C@@H]4C5C=CC(C5)[C@@H]4C3=O)C(=O)CCC(=O)NC(C)(C)CCOCC)nn2)cc1. The highest BCUT2D eigenvalue weighted by Crippen LogP contribution is 2.52. The van der Waals surface area contributed by atoms with E-state index in [0.29, 0.717) is 103 Å². The quantitative estimate of drug-likeness (QED) is 0.0168. The van der Waals surface area contributed by atoms with Crippen LogP contribution in [0.2, 0.25) is 0 Å². The average Bonchev–Trinajstić information content (AvgIpc) is 1.59. The van der Waals surface area contributed by atoms with Gasteiger partial charge in [0.15, 0.2) is 0 Å². The lowest BCUT2D eigenvalue weighted by molar-refractivity contribution is -0.141. The summed E-state index contributed by atoms with van der Waals surface area (Å²) in [5.74, 6) is 1.18. The molecule has 2 fully saturated rings. The Balaban J connectivity index is 0.614. The van der Waals surface area contributed by atoms with Crippen LogP contribution in [0.3, 0.4) is 0 Å². The number of hydrogen-bond donors (Lipinski definition) is 1. The summed E-state index contributed by atoms with van der Waals surface area (Å²) in [6.07, 6.45) is 12.6. The van der Waals surface area contributed by atoms with E-state index in [0.717, 1.165) is 88.1 Å². The second kappa shape index (κ2) is 30.5. The maximum Gasteiger partial charge on any atom is 0.338 e. The van der Waals surface area contributed by atoms with Gasteiger partial charge in [0.25, 0.3) is 0 Å². The number of nitrogens with one attached hydrogen (secondary N) is 1. The zero-order valence-corrected chi connectivity index (χ0v) is 52.3. The predicted molar refractivity (Wildman–Crippen MR) is 338 cm³/mol. The minimum absolute atomic E-state index is 0.0142. The van der Waals surface area contributed by atoms with Gasteiger partial charge in [-0.3, -0.25) is 24.1 Å². The molecule has 4 heterocycles. The molecule has 1 N–H and O–H groups in total. The van der Waals surface area contributed by atoms with E-state index in [2.05, 4.69) is 99.4 Å². The van der Waals surface area contributed by atoms with Gasteiger partial charge in [-0.15, -0.1) is 5.10 Å². The van der Waals surface area contributed by atoms with Crippen molar-refractivity contribution in [3.8, 4) is 22.5 Å². The van der Waals surface area contributed by atoms with Crippen molar-refractivity contribution in [3.05, 3.63) is 132 Å². The van der Waals surface area contributed by atoms with Crippen molar-refractivity contribution in [3.63, 3.8) is 0 Å². The van der Waals surface area contributed by atoms with Crippen molar-refractivity contribution in [2.75, 3.05) is 72.6 Å². The summed E-state index contributed by atoms with van der Waals surface area (Å²) in [5.41, 5.74) is 8.54. The summed E-state index contributed by atoms with van der Waals surface area (Å²) in [5, 5.41) is 11.7. The highest BCUT2D eigenvalue weighted by atomic mass is 16.6. The van der Waals surface area contributed by atoms with Crippen molar-refractivity contribution in [1.82, 2.24) is 49.2 Å². The summed E-state index contributed by atoms with van der Waals surface area (Å²) in [6.45, 7) is 13.4. The monoisotopic (exact) mass is 1210 g/mol. The number of imidazole rings is 2. The number of likely N-dealkylation sites (tertiary alicyclic amines) is 1. The third-order valence-electron chi connectivity index (χ3n) is 17.3. The second-order valence-electron chi connectivity index (χ2n) is 24.2. The summed E-state index contributed by atoms with van der Waals surface area (Å²) in [7, 11) is 2.05. The first kappa shape index (κ1) is 64.1. The molecule has 4 atom stereocenters. The lowest BCUT2D eigenvalue weighted by atomic mass is 9.85. The van der Waals surface area contributed by atoms with Gasteiger partial charge in [0, 0.05) is 70.3 Å². The van der Waals surface area contributed by atoms with E-state index in [-0.39, 0.29) is 79.9 Å². The predicted octanol–water partition coefficient (Wildman–Crippen LogP) is 9.55. The van der Waals surface area contributed by atoms with Crippen molar-refractivity contribution < 1.29 is 47.7 Å². The van der Waals surface area contributed by atoms with Crippen LogP contribution in [0.1, 0.15) is 113 Å². The summed E-state index contributed by atoms with van der Waals surface area (Å²) in [6, 6.07) is 30.4. The average molecular weight is 1220 g/mol. The van der Waals surface area contributed by atoms with Gasteiger partial charge in [0.2, 0.25) is 23.6 Å². The maximum atomic E-state index is 13.7. The number of rotatable bonds is 36. The van der Waals surface area contributed by atoms with Gasteiger partial charge in [-0.1, -0.05) is 91.7 Å². The Morgan fingerprint density at radius 3 is 2.13 bits per heavy atom. The molecule has 0 spiro atoms. The highest BCUT2D eigenvalue weighted by Gasteiger charge is 2.59. The van der Waals surface area contributed by atoms with Crippen molar-refractivity contribution in [2.45, 2.75) is 117 Å². The normalized spacial score (nSPS) is 17.0. The number of aromatic nitrogens is 7. The minimum atomic E-state index is -0.472. The van der Waals surface area contributed by atoms with Gasteiger partial charge in [-0.2, -0.15) is 0 Å². The van der Waals surface area contributed by atoms with Crippen LogP contribution in [0.4, 0.5) is 0 Å². The number of allylic oxidation sites excluding steroid dienone is 2. The Morgan fingerprint density at radius 2 is 1.39 bits per heavy atom. The number of amides is 4. The van der Waals surface area contributed by atoms with Crippen molar-refractivity contribution >= 4 is 51.7 Å². The smallest absolute Gasteiger partial charge is 0.338 e. The third-order valence-corrected chi connectivity index (χ3v) is 17.3. The van der Waals surface area contributed by atoms with E-state index in [1.807, 2.05) is 57.2 Å². The molecule has 7 aromatic rings. The molecule has 3 aliphatic rings. The van der Waals surface area contributed by atoms with Gasteiger partial charge >= 0.3 is 5.97 Å². The number of carbonyl (C=O) groups excluding carboxylic acids is 5. The number of para-hydroxylation sites is 2. The number of imide groups is 1. The molecule has 20 heteroatoms. The first-order valence-corrected chi connectivity index (χ1v) is 31.9. The van der Waals surface area contributed by atoms with Gasteiger partial charge in [-0.05, 0) is 118 Å². The standard InChI is InChI=1S/C69H86N10O10/c1-6-16-60-70-57-28-27-52(65-71-56-19-12-13-20-58(56)75(65)5)44-59(57)79(60)45-48-21-23-49(24-22-48)54-17-10-11-18-55(54)68(84)89-42-41-88-40-39-87-38-37-86-36-34-77-47-53(73-74-77)46-76(62(81)30-29-61(80)72-69(3,4)31-35-85-7-2)32-14-8-9-15-33-78-66(82)63-50-25-26-51(43-50)64(63)67(78)83/h10-13,17-28,44,47,50-51,63-64H,6-9,14-16,29-43,45-46H2,1-5H3,(H,72,80)/t50?,51?,63-,64+. The zero-order valence-electron chi connectivity index (χ0n) is 52.3. The van der Waals surface area contributed by atoms with E-state index in [1.165, 1.54) is 4.90 Å². The van der Waals surface area contributed by atoms with E-state index >= 15 is 0 Å².